The molecule has 0 unspecified atom stereocenters. The lowest BCUT2D eigenvalue weighted by Gasteiger charge is -2.26. The van der Waals surface area contributed by atoms with Gasteiger partial charge >= 0.3 is 0 Å². The highest BCUT2D eigenvalue weighted by atomic mass is 16.5. The molecule has 0 radical (unpaired) electrons. The largest absolute Gasteiger partial charge is 0.379 e. The molecule has 5 heteroatoms. The second-order valence-electron chi connectivity index (χ2n) is 5.40. The molecule has 5 nitrogen and oxygen atoms in total. The summed E-state index contributed by atoms with van der Waals surface area (Å²) in [7, 11) is 0. The van der Waals surface area contributed by atoms with Gasteiger partial charge in [0.2, 0.25) is 5.95 Å². The van der Waals surface area contributed by atoms with Gasteiger partial charge < -0.3 is 10.1 Å². The molecule has 0 amide bonds. The molecule has 22 heavy (non-hydrogen) atoms. The Labute approximate surface area is 131 Å². The fraction of sp³-hybridized carbons (Fsp3) is 0.412. The van der Waals surface area contributed by atoms with Gasteiger partial charge in [-0.25, -0.2) is 9.97 Å². The van der Waals surface area contributed by atoms with Crippen LogP contribution in [-0.4, -0.2) is 54.3 Å². The average molecular weight is 298 g/mol. The number of nitrogens with zero attached hydrogens (tertiary/aromatic N) is 3. The van der Waals surface area contributed by atoms with Crippen LogP contribution in [0.25, 0.3) is 11.1 Å². The molecule has 0 spiro atoms. The van der Waals surface area contributed by atoms with Crippen LogP contribution in [0.4, 0.5) is 5.95 Å². The molecule has 0 atom stereocenters. The van der Waals surface area contributed by atoms with Gasteiger partial charge in [0.05, 0.1) is 13.2 Å². The van der Waals surface area contributed by atoms with Gasteiger partial charge in [-0.15, -0.1) is 0 Å². The molecule has 1 saturated heterocycles. The van der Waals surface area contributed by atoms with E-state index in [0.29, 0.717) is 5.95 Å². The molecule has 0 bridgehead atoms. The van der Waals surface area contributed by atoms with Crippen LogP contribution in [0.15, 0.2) is 42.7 Å². The summed E-state index contributed by atoms with van der Waals surface area (Å²) in [5.74, 6) is 0.696. The molecule has 1 N–H and O–H groups in total. The zero-order chi connectivity index (χ0) is 15.0. The first kappa shape index (κ1) is 14.9. The van der Waals surface area contributed by atoms with Crippen molar-refractivity contribution >= 4 is 5.95 Å². The van der Waals surface area contributed by atoms with Crippen molar-refractivity contribution in [2.45, 2.75) is 6.42 Å². The van der Waals surface area contributed by atoms with E-state index in [4.69, 9.17) is 4.74 Å². The second kappa shape index (κ2) is 7.87. The number of hydrogen-bond donors (Lipinski definition) is 1. The predicted molar refractivity (Wildman–Crippen MR) is 87.8 cm³/mol. The van der Waals surface area contributed by atoms with Crippen LogP contribution < -0.4 is 5.32 Å². The normalized spacial score (nSPS) is 15.6. The standard InChI is InChI=1S/C17H22N4O/c1-2-5-15(6-3-1)16-13-19-17(20-14-16)18-7-4-8-21-9-11-22-12-10-21/h1-3,5-6,13-14H,4,7-12H2,(H,18,19,20). The third-order valence-corrected chi connectivity index (χ3v) is 3.80. The first-order valence-electron chi connectivity index (χ1n) is 7.83. The van der Waals surface area contributed by atoms with Gasteiger partial charge in [-0.1, -0.05) is 30.3 Å². The first-order chi connectivity index (χ1) is 10.9. The smallest absolute Gasteiger partial charge is 0.222 e. The lowest BCUT2D eigenvalue weighted by molar-refractivity contribution is 0.0378. The van der Waals surface area contributed by atoms with E-state index in [9.17, 15) is 0 Å². The van der Waals surface area contributed by atoms with E-state index in [0.717, 1.165) is 56.9 Å². The van der Waals surface area contributed by atoms with Crippen molar-refractivity contribution in [1.29, 1.82) is 0 Å². The molecular formula is C17H22N4O. The molecule has 0 saturated carbocycles. The van der Waals surface area contributed by atoms with E-state index in [1.54, 1.807) is 0 Å². The predicted octanol–water partition coefficient (Wildman–Crippen LogP) is 2.28. The molecule has 1 aromatic heterocycles. The van der Waals surface area contributed by atoms with Crippen LogP contribution in [0.1, 0.15) is 6.42 Å². The van der Waals surface area contributed by atoms with Crippen molar-refractivity contribution in [3.05, 3.63) is 42.7 Å². The monoisotopic (exact) mass is 298 g/mol. The number of hydrogen-bond acceptors (Lipinski definition) is 5. The Balaban J connectivity index is 1.43. The summed E-state index contributed by atoms with van der Waals surface area (Å²) in [5.41, 5.74) is 2.18. The molecule has 0 aliphatic carbocycles. The van der Waals surface area contributed by atoms with Crippen molar-refractivity contribution in [3.63, 3.8) is 0 Å². The highest BCUT2D eigenvalue weighted by molar-refractivity contribution is 5.61. The minimum atomic E-state index is 0.696. The highest BCUT2D eigenvalue weighted by Crippen LogP contribution is 2.17. The lowest BCUT2D eigenvalue weighted by Crippen LogP contribution is -2.37. The lowest BCUT2D eigenvalue weighted by atomic mass is 10.1. The summed E-state index contributed by atoms with van der Waals surface area (Å²) in [5, 5.41) is 3.28. The van der Waals surface area contributed by atoms with Crippen LogP contribution in [0.5, 0.6) is 0 Å². The minimum absolute atomic E-state index is 0.696. The number of nitrogens with one attached hydrogen (secondary N) is 1. The number of rotatable bonds is 6. The van der Waals surface area contributed by atoms with Crippen molar-refractivity contribution in [2.75, 3.05) is 44.7 Å². The molecule has 2 aromatic rings. The van der Waals surface area contributed by atoms with Gasteiger partial charge in [-0.2, -0.15) is 0 Å². The Morgan fingerprint density at radius 2 is 1.73 bits per heavy atom. The first-order valence-corrected chi connectivity index (χ1v) is 7.83. The fourth-order valence-corrected chi connectivity index (χ4v) is 2.53. The average Bonchev–Trinajstić information content (AvgIpc) is 2.61. The number of anilines is 1. The summed E-state index contributed by atoms with van der Waals surface area (Å²) >= 11 is 0. The highest BCUT2D eigenvalue weighted by Gasteiger charge is 2.09. The molecule has 1 fully saturated rings. The number of benzene rings is 1. The summed E-state index contributed by atoms with van der Waals surface area (Å²) in [4.78, 5) is 11.2. The fourth-order valence-electron chi connectivity index (χ4n) is 2.53. The SMILES string of the molecule is c1ccc(-c2cnc(NCCCN3CCOCC3)nc2)cc1. The van der Waals surface area contributed by atoms with Gasteiger partial charge in [0, 0.05) is 37.6 Å². The molecule has 3 rings (SSSR count). The minimum Gasteiger partial charge on any atom is -0.379 e. The van der Waals surface area contributed by atoms with Gasteiger partial charge in [0.15, 0.2) is 0 Å². The number of morpholine rings is 1. The van der Waals surface area contributed by atoms with Crippen molar-refractivity contribution < 1.29 is 4.74 Å². The van der Waals surface area contributed by atoms with Gasteiger partial charge in [0.25, 0.3) is 0 Å². The topological polar surface area (TPSA) is 50.3 Å². The maximum atomic E-state index is 5.35. The molecule has 1 aromatic carbocycles. The van der Waals surface area contributed by atoms with E-state index in [1.165, 1.54) is 0 Å². The number of aromatic nitrogens is 2. The third kappa shape index (κ3) is 4.26. The Morgan fingerprint density at radius 1 is 1.00 bits per heavy atom. The summed E-state index contributed by atoms with van der Waals surface area (Å²) in [6, 6.07) is 10.2. The van der Waals surface area contributed by atoms with Crippen LogP contribution in [0.3, 0.4) is 0 Å². The molecule has 116 valence electrons. The summed E-state index contributed by atoms with van der Waals surface area (Å²) in [6.45, 7) is 5.79. The van der Waals surface area contributed by atoms with E-state index < -0.39 is 0 Å². The number of ether oxygens (including phenoxy) is 1. The zero-order valence-electron chi connectivity index (χ0n) is 12.7. The Hall–Kier alpha value is -1.98. The second-order valence-corrected chi connectivity index (χ2v) is 5.40. The van der Waals surface area contributed by atoms with Crippen LogP contribution >= 0.6 is 0 Å². The van der Waals surface area contributed by atoms with E-state index >= 15 is 0 Å². The van der Waals surface area contributed by atoms with Crippen LogP contribution in [0, 0.1) is 0 Å². The van der Waals surface area contributed by atoms with E-state index in [1.807, 2.05) is 30.6 Å². The van der Waals surface area contributed by atoms with Crippen LogP contribution in [-0.2, 0) is 4.74 Å². The van der Waals surface area contributed by atoms with Gasteiger partial charge in [-0.3, -0.25) is 4.90 Å². The molecular weight excluding hydrogens is 276 g/mol. The molecule has 2 heterocycles. The Kier molecular flexibility index (Phi) is 5.34. The van der Waals surface area contributed by atoms with Gasteiger partial charge in [-0.05, 0) is 18.5 Å². The quantitative estimate of drug-likeness (QED) is 0.829. The van der Waals surface area contributed by atoms with Crippen LogP contribution in [0.2, 0.25) is 0 Å². The van der Waals surface area contributed by atoms with Crippen molar-refractivity contribution in [1.82, 2.24) is 14.9 Å². The third-order valence-electron chi connectivity index (χ3n) is 3.80. The Morgan fingerprint density at radius 3 is 2.45 bits per heavy atom. The van der Waals surface area contributed by atoms with Crippen molar-refractivity contribution in [3.8, 4) is 11.1 Å². The summed E-state index contributed by atoms with van der Waals surface area (Å²) < 4.78 is 5.35. The van der Waals surface area contributed by atoms with Gasteiger partial charge in [0.1, 0.15) is 0 Å². The van der Waals surface area contributed by atoms with Crippen molar-refractivity contribution in [2.24, 2.45) is 0 Å². The Bertz CT molecular complexity index is 553. The zero-order valence-corrected chi connectivity index (χ0v) is 12.7. The summed E-state index contributed by atoms with van der Waals surface area (Å²) in [6.07, 6.45) is 4.82. The maximum Gasteiger partial charge on any atom is 0.222 e. The molecule has 1 aliphatic rings. The molecule has 1 aliphatic heterocycles. The maximum absolute atomic E-state index is 5.35. The van der Waals surface area contributed by atoms with E-state index in [2.05, 4.69) is 32.3 Å². The van der Waals surface area contributed by atoms with E-state index in [-0.39, 0.29) is 0 Å².